The Kier molecular flexibility index (Phi) is 4.05. The van der Waals surface area contributed by atoms with Crippen molar-refractivity contribution in [2.75, 3.05) is 7.11 Å². The standard InChI is InChI=1S/C15H11ClO4/c1-20-15(19)11-5-3-2-4-10(11)9-6-7-13(16)12(8-9)14(17)18/h2-8H,1H3,(H,17,18)/p-1. The van der Waals surface area contributed by atoms with Gasteiger partial charge in [0, 0.05) is 10.6 Å². The van der Waals surface area contributed by atoms with Crippen LogP contribution in [0.5, 0.6) is 0 Å². The minimum Gasteiger partial charge on any atom is -0.545 e. The van der Waals surface area contributed by atoms with Crippen LogP contribution in [-0.2, 0) is 4.74 Å². The van der Waals surface area contributed by atoms with Crippen LogP contribution in [0.3, 0.4) is 0 Å². The summed E-state index contributed by atoms with van der Waals surface area (Å²) in [4.78, 5) is 22.7. The summed E-state index contributed by atoms with van der Waals surface area (Å²) in [7, 11) is 1.29. The Bertz CT molecular complexity index is 679. The first-order chi connectivity index (χ1) is 9.54. The molecule has 0 unspecified atom stereocenters. The van der Waals surface area contributed by atoms with Crippen LogP contribution in [-0.4, -0.2) is 19.0 Å². The third-order valence-electron chi connectivity index (χ3n) is 2.83. The predicted molar refractivity (Wildman–Crippen MR) is 72.6 cm³/mol. The molecule has 0 aliphatic carbocycles. The molecule has 0 atom stereocenters. The van der Waals surface area contributed by atoms with Crippen LogP contribution in [0.25, 0.3) is 11.1 Å². The van der Waals surface area contributed by atoms with Crippen molar-refractivity contribution >= 4 is 23.5 Å². The molecule has 4 nitrogen and oxygen atoms in total. The highest BCUT2D eigenvalue weighted by molar-refractivity contribution is 6.33. The number of benzene rings is 2. The van der Waals surface area contributed by atoms with Crippen molar-refractivity contribution in [3.8, 4) is 11.1 Å². The fraction of sp³-hybridized carbons (Fsp3) is 0.0667. The summed E-state index contributed by atoms with van der Waals surface area (Å²) in [5.41, 5.74) is 1.35. The molecule has 0 saturated heterocycles. The van der Waals surface area contributed by atoms with E-state index in [-0.39, 0.29) is 10.6 Å². The second-order valence-electron chi connectivity index (χ2n) is 4.02. The zero-order valence-corrected chi connectivity index (χ0v) is 11.3. The number of carboxylic acid groups (broad SMARTS) is 1. The Labute approximate surface area is 120 Å². The molecule has 0 amide bonds. The van der Waals surface area contributed by atoms with Crippen LogP contribution in [0.1, 0.15) is 20.7 Å². The number of carbonyl (C=O) groups excluding carboxylic acids is 2. The molecule has 5 heteroatoms. The van der Waals surface area contributed by atoms with E-state index >= 15 is 0 Å². The SMILES string of the molecule is COC(=O)c1ccccc1-c1ccc(Cl)c(C(=O)[O-])c1. The lowest BCUT2D eigenvalue weighted by atomic mass is 9.98. The van der Waals surface area contributed by atoms with Gasteiger partial charge in [-0.3, -0.25) is 0 Å². The summed E-state index contributed by atoms with van der Waals surface area (Å²) in [5.74, 6) is -1.86. The largest absolute Gasteiger partial charge is 0.545 e. The molecular formula is C15H10ClO4-. The highest BCUT2D eigenvalue weighted by Gasteiger charge is 2.13. The quantitative estimate of drug-likeness (QED) is 0.812. The van der Waals surface area contributed by atoms with Gasteiger partial charge in [0.2, 0.25) is 0 Å². The van der Waals surface area contributed by atoms with Gasteiger partial charge in [0.15, 0.2) is 0 Å². The number of halogens is 1. The second kappa shape index (κ2) is 5.75. The lowest BCUT2D eigenvalue weighted by Crippen LogP contribution is -2.22. The van der Waals surface area contributed by atoms with E-state index in [0.29, 0.717) is 16.7 Å². The van der Waals surface area contributed by atoms with Crippen LogP contribution in [0.2, 0.25) is 5.02 Å². The Morgan fingerprint density at radius 1 is 1.10 bits per heavy atom. The molecule has 0 heterocycles. The van der Waals surface area contributed by atoms with Gasteiger partial charge in [0.1, 0.15) is 0 Å². The van der Waals surface area contributed by atoms with Gasteiger partial charge >= 0.3 is 5.97 Å². The molecule has 0 N–H and O–H groups in total. The summed E-state index contributed by atoms with van der Waals surface area (Å²) in [6.45, 7) is 0. The van der Waals surface area contributed by atoms with Gasteiger partial charge in [-0.25, -0.2) is 4.79 Å². The van der Waals surface area contributed by atoms with Gasteiger partial charge in [-0.15, -0.1) is 0 Å². The van der Waals surface area contributed by atoms with Gasteiger partial charge in [-0.2, -0.15) is 0 Å². The van der Waals surface area contributed by atoms with E-state index in [4.69, 9.17) is 16.3 Å². The van der Waals surface area contributed by atoms with Crippen molar-refractivity contribution in [1.82, 2.24) is 0 Å². The molecule has 20 heavy (non-hydrogen) atoms. The first-order valence-electron chi connectivity index (χ1n) is 5.73. The van der Waals surface area contributed by atoms with E-state index in [9.17, 15) is 14.7 Å². The molecule has 0 aliphatic heterocycles. The third-order valence-corrected chi connectivity index (χ3v) is 3.16. The molecule has 0 aliphatic rings. The molecule has 2 rings (SSSR count). The summed E-state index contributed by atoms with van der Waals surface area (Å²) in [5, 5.41) is 11.1. The van der Waals surface area contributed by atoms with Gasteiger partial charge in [0.25, 0.3) is 0 Å². The summed E-state index contributed by atoms with van der Waals surface area (Å²) in [6.07, 6.45) is 0. The molecule has 0 saturated carbocycles. The highest BCUT2D eigenvalue weighted by atomic mass is 35.5. The van der Waals surface area contributed by atoms with Gasteiger partial charge < -0.3 is 14.6 Å². The Balaban J connectivity index is 2.60. The number of rotatable bonds is 3. The number of carboxylic acids is 1. The zero-order valence-electron chi connectivity index (χ0n) is 10.6. The van der Waals surface area contributed by atoms with Crippen molar-refractivity contribution in [2.45, 2.75) is 0 Å². The summed E-state index contributed by atoms with van der Waals surface area (Å²) in [6, 6.07) is 11.2. The van der Waals surface area contributed by atoms with E-state index in [1.807, 2.05) is 0 Å². The smallest absolute Gasteiger partial charge is 0.338 e. The van der Waals surface area contributed by atoms with Gasteiger partial charge in [-0.05, 0) is 29.3 Å². The lowest BCUT2D eigenvalue weighted by molar-refractivity contribution is -0.255. The van der Waals surface area contributed by atoms with Crippen LogP contribution in [0, 0.1) is 0 Å². The summed E-state index contributed by atoms with van der Waals surface area (Å²) < 4.78 is 4.71. The number of hydrogen-bond donors (Lipinski definition) is 0. The minimum atomic E-state index is -1.37. The van der Waals surface area contributed by atoms with Crippen LogP contribution >= 0.6 is 11.6 Å². The maximum atomic E-state index is 11.7. The average Bonchev–Trinajstić information content (AvgIpc) is 2.46. The topological polar surface area (TPSA) is 66.4 Å². The van der Waals surface area contributed by atoms with Crippen LogP contribution < -0.4 is 5.11 Å². The first kappa shape index (κ1) is 14.1. The molecule has 102 valence electrons. The van der Waals surface area contributed by atoms with Crippen LogP contribution in [0.15, 0.2) is 42.5 Å². The van der Waals surface area contributed by atoms with Crippen molar-refractivity contribution in [3.05, 3.63) is 58.6 Å². The van der Waals surface area contributed by atoms with E-state index in [0.717, 1.165) is 0 Å². The fourth-order valence-electron chi connectivity index (χ4n) is 1.87. The lowest BCUT2D eigenvalue weighted by Gasteiger charge is -2.11. The summed E-state index contributed by atoms with van der Waals surface area (Å²) >= 11 is 5.80. The van der Waals surface area contributed by atoms with Crippen molar-refractivity contribution < 1.29 is 19.4 Å². The van der Waals surface area contributed by atoms with Gasteiger partial charge in [0.05, 0.1) is 18.6 Å². The number of aromatic carboxylic acids is 1. The van der Waals surface area contributed by atoms with Crippen LogP contribution in [0.4, 0.5) is 0 Å². The predicted octanol–water partition coefficient (Wildman–Crippen LogP) is 2.16. The molecule has 2 aromatic rings. The fourth-order valence-corrected chi connectivity index (χ4v) is 2.07. The number of methoxy groups -OCH3 is 1. The van der Waals surface area contributed by atoms with E-state index in [2.05, 4.69) is 0 Å². The van der Waals surface area contributed by atoms with E-state index in [1.165, 1.54) is 19.2 Å². The molecular weight excluding hydrogens is 280 g/mol. The monoisotopic (exact) mass is 289 g/mol. The average molecular weight is 290 g/mol. The normalized spacial score (nSPS) is 10.1. The molecule has 2 aromatic carbocycles. The van der Waals surface area contributed by atoms with Crippen molar-refractivity contribution in [3.63, 3.8) is 0 Å². The molecule has 0 aromatic heterocycles. The van der Waals surface area contributed by atoms with Crippen molar-refractivity contribution in [1.29, 1.82) is 0 Å². The first-order valence-corrected chi connectivity index (χ1v) is 6.11. The number of hydrogen-bond acceptors (Lipinski definition) is 4. The second-order valence-corrected chi connectivity index (χ2v) is 4.43. The third kappa shape index (κ3) is 2.65. The molecule has 0 spiro atoms. The Morgan fingerprint density at radius 2 is 1.80 bits per heavy atom. The molecule has 0 bridgehead atoms. The maximum absolute atomic E-state index is 11.7. The maximum Gasteiger partial charge on any atom is 0.338 e. The minimum absolute atomic E-state index is 0.0873. The van der Waals surface area contributed by atoms with Crippen molar-refractivity contribution in [2.24, 2.45) is 0 Å². The number of carbonyl (C=O) groups is 2. The zero-order chi connectivity index (χ0) is 14.7. The number of ether oxygens (including phenoxy) is 1. The molecule has 0 fully saturated rings. The number of esters is 1. The van der Waals surface area contributed by atoms with E-state index in [1.54, 1.807) is 30.3 Å². The Hall–Kier alpha value is -2.33. The Morgan fingerprint density at radius 3 is 2.45 bits per heavy atom. The van der Waals surface area contributed by atoms with Gasteiger partial charge in [-0.1, -0.05) is 35.9 Å². The highest BCUT2D eigenvalue weighted by Crippen LogP contribution is 2.28. The van der Waals surface area contributed by atoms with E-state index < -0.39 is 11.9 Å². The molecule has 0 radical (unpaired) electrons.